The van der Waals surface area contributed by atoms with E-state index in [0.29, 0.717) is 21.3 Å². The topological polar surface area (TPSA) is 54.9 Å². The number of pyridine rings is 1. The van der Waals surface area contributed by atoms with Crippen molar-refractivity contribution in [3.63, 3.8) is 0 Å². The summed E-state index contributed by atoms with van der Waals surface area (Å²) in [5, 5.41) is 4.40. The van der Waals surface area contributed by atoms with Gasteiger partial charge in [-0.25, -0.2) is 14.4 Å². The van der Waals surface area contributed by atoms with Crippen LogP contribution in [0.5, 0.6) is 0 Å². The monoisotopic (exact) mass is 359 g/mol. The molecule has 0 fully saturated rings. The number of carbonyl (C=O) groups is 1. The number of nitrogens with zero attached hydrogens (tertiary/aromatic N) is 2. The Morgan fingerprint density at radius 3 is 2.58 bits per heavy atom. The van der Waals surface area contributed by atoms with Crippen molar-refractivity contribution in [3.05, 3.63) is 59.0 Å². The Kier molecular flexibility index (Phi) is 4.92. The minimum atomic E-state index is -0.300. The number of benzene rings is 1. The van der Waals surface area contributed by atoms with Crippen LogP contribution in [0.25, 0.3) is 10.6 Å². The summed E-state index contributed by atoms with van der Waals surface area (Å²) in [6, 6.07) is 9.73. The zero-order chi connectivity index (χ0) is 17.1. The predicted molar refractivity (Wildman–Crippen MR) is 96.2 cm³/mol. The molecule has 122 valence electrons. The lowest BCUT2D eigenvalue weighted by Gasteiger charge is -2.04. The van der Waals surface area contributed by atoms with Gasteiger partial charge < -0.3 is 5.32 Å². The maximum absolute atomic E-state index is 13.0. The summed E-state index contributed by atoms with van der Waals surface area (Å²) in [7, 11) is 0. The molecule has 1 amide bonds. The molecule has 2 aromatic heterocycles. The second-order valence-corrected chi connectivity index (χ2v) is 6.81. The molecule has 0 unspecified atom stereocenters. The van der Waals surface area contributed by atoms with Gasteiger partial charge in [-0.3, -0.25) is 4.79 Å². The Bertz CT molecular complexity index is 861. The number of thiazole rings is 1. The average Bonchev–Trinajstić information content (AvgIpc) is 2.98. The van der Waals surface area contributed by atoms with E-state index in [0.717, 1.165) is 10.6 Å². The second kappa shape index (κ2) is 7.11. The Balaban J connectivity index is 1.81. The van der Waals surface area contributed by atoms with E-state index in [4.69, 9.17) is 0 Å². The zero-order valence-corrected chi connectivity index (χ0v) is 14.7. The molecule has 0 aliphatic rings. The van der Waals surface area contributed by atoms with Gasteiger partial charge in [-0.2, -0.15) is 0 Å². The van der Waals surface area contributed by atoms with Crippen LogP contribution in [0.4, 0.5) is 10.1 Å². The van der Waals surface area contributed by atoms with Crippen molar-refractivity contribution in [2.45, 2.75) is 11.9 Å². The molecule has 0 saturated carbocycles. The van der Waals surface area contributed by atoms with Gasteiger partial charge in [-0.15, -0.1) is 23.1 Å². The number of rotatable bonds is 4. The van der Waals surface area contributed by atoms with Gasteiger partial charge >= 0.3 is 0 Å². The van der Waals surface area contributed by atoms with Crippen molar-refractivity contribution < 1.29 is 9.18 Å². The van der Waals surface area contributed by atoms with Crippen LogP contribution in [0, 0.1) is 12.7 Å². The molecule has 3 rings (SSSR count). The van der Waals surface area contributed by atoms with E-state index in [2.05, 4.69) is 15.3 Å². The van der Waals surface area contributed by atoms with Crippen LogP contribution in [0.3, 0.4) is 0 Å². The number of aryl methyl sites for hydroxylation is 1. The van der Waals surface area contributed by atoms with E-state index >= 15 is 0 Å². The van der Waals surface area contributed by atoms with Crippen LogP contribution >= 0.6 is 23.1 Å². The first kappa shape index (κ1) is 16.6. The van der Waals surface area contributed by atoms with Gasteiger partial charge in [0, 0.05) is 5.56 Å². The third-order valence-corrected chi connectivity index (χ3v) is 5.16. The van der Waals surface area contributed by atoms with Crippen molar-refractivity contribution in [2.24, 2.45) is 0 Å². The molecule has 7 heteroatoms. The fourth-order valence-electron chi connectivity index (χ4n) is 2.09. The maximum Gasteiger partial charge on any atom is 0.267 e. The van der Waals surface area contributed by atoms with Crippen molar-refractivity contribution in [1.29, 1.82) is 0 Å². The largest absolute Gasteiger partial charge is 0.320 e. The Morgan fingerprint density at radius 2 is 1.96 bits per heavy atom. The number of thioether (sulfide) groups is 1. The number of anilines is 1. The van der Waals surface area contributed by atoms with Crippen LogP contribution in [-0.4, -0.2) is 22.1 Å². The minimum absolute atomic E-state index is 0.225. The molecule has 0 aliphatic carbocycles. The van der Waals surface area contributed by atoms with Crippen LogP contribution in [0.15, 0.2) is 47.6 Å². The summed E-state index contributed by atoms with van der Waals surface area (Å²) in [4.78, 5) is 21.6. The lowest BCUT2D eigenvalue weighted by atomic mass is 10.2. The zero-order valence-electron chi connectivity index (χ0n) is 13.0. The molecule has 0 atom stereocenters. The second-order valence-electron chi connectivity index (χ2n) is 4.98. The molecule has 0 spiro atoms. The number of halogens is 1. The van der Waals surface area contributed by atoms with Crippen molar-refractivity contribution in [3.8, 4) is 10.6 Å². The summed E-state index contributed by atoms with van der Waals surface area (Å²) >= 11 is 2.82. The highest BCUT2D eigenvalue weighted by molar-refractivity contribution is 7.98. The van der Waals surface area contributed by atoms with E-state index < -0.39 is 0 Å². The smallest absolute Gasteiger partial charge is 0.267 e. The number of hydrogen-bond donors (Lipinski definition) is 1. The van der Waals surface area contributed by atoms with E-state index in [1.165, 1.54) is 35.2 Å². The lowest BCUT2D eigenvalue weighted by molar-refractivity contribution is 0.103. The van der Waals surface area contributed by atoms with E-state index in [1.807, 2.05) is 18.4 Å². The van der Waals surface area contributed by atoms with Gasteiger partial charge in [0.05, 0.1) is 22.6 Å². The molecule has 0 radical (unpaired) electrons. The number of amides is 1. The standard InChI is InChI=1S/C17H14FN3OS2/c1-10-15(16(22)21-13-7-8-14(23-2)19-9-13)24-17(20-10)11-3-5-12(18)6-4-11/h3-9H,1-2H3,(H,21,22). The van der Waals surface area contributed by atoms with Gasteiger partial charge in [-0.1, -0.05) is 0 Å². The van der Waals surface area contributed by atoms with E-state index in [1.54, 1.807) is 25.3 Å². The third-order valence-electron chi connectivity index (χ3n) is 3.30. The predicted octanol–water partition coefficient (Wildman–Crippen LogP) is 4.63. The van der Waals surface area contributed by atoms with Gasteiger partial charge in [0.1, 0.15) is 15.7 Å². The Hall–Kier alpha value is -2.25. The summed E-state index contributed by atoms with van der Waals surface area (Å²) in [6.45, 7) is 1.79. The van der Waals surface area contributed by atoms with Crippen LogP contribution in [-0.2, 0) is 0 Å². The van der Waals surface area contributed by atoms with Crippen LogP contribution in [0.2, 0.25) is 0 Å². The first-order valence-electron chi connectivity index (χ1n) is 7.11. The molecule has 0 bridgehead atoms. The summed E-state index contributed by atoms with van der Waals surface area (Å²) in [6.07, 6.45) is 3.57. The summed E-state index contributed by atoms with van der Waals surface area (Å²) < 4.78 is 13.0. The maximum atomic E-state index is 13.0. The van der Waals surface area contributed by atoms with E-state index in [9.17, 15) is 9.18 Å². The number of aromatic nitrogens is 2. The Morgan fingerprint density at radius 1 is 1.21 bits per heavy atom. The van der Waals surface area contributed by atoms with Gasteiger partial charge in [0.15, 0.2) is 0 Å². The van der Waals surface area contributed by atoms with Crippen molar-refractivity contribution in [2.75, 3.05) is 11.6 Å². The SMILES string of the molecule is CSc1ccc(NC(=O)c2sc(-c3ccc(F)cc3)nc2C)cn1. The molecule has 4 nitrogen and oxygen atoms in total. The first-order valence-corrected chi connectivity index (χ1v) is 9.15. The molecular formula is C17H14FN3OS2. The highest BCUT2D eigenvalue weighted by Crippen LogP contribution is 2.28. The third kappa shape index (κ3) is 3.63. The molecule has 24 heavy (non-hydrogen) atoms. The molecular weight excluding hydrogens is 345 g/mol. The van der Waals surface area contributed by atoms with Gasteiger partial charge in [0.2, 0.25) is 0 Å². The number of hydrogen-bond acceptors (Lipinski definition) is 5. The number of carbonyl (C=O) groups excluding carboxylic acids is 1. The van der Waals surface area contributed by atoms with Crippen molar-refractivity contribution in [1.82, 2.24) is 9.97 Å². The lowest BCUT2D eigenvalue weighted by Crippen LogP contribution is -2.11. The highest BCUT2D eigenvalue weighted by Gasteiger charge is 2.16. The average molecular weight is 359 g/mol. The fraction of sp³-hybridized carbons (Fsp3) is 0.118. The molecule has 1 N–H and O–H groups in total. The van der Waals surface area contributed by atoms with Gasteiger partial charge in [0.25, 0.3) is 5.91 Å². The Labute approximate surface area is 147 Å². The summed E-state index contributed by atoms with van der Waals surface area (Å²) in [5.74, 6) is -0.525. The van der Waals surface area contributed by atoms with Gasteiger partial charge in [-0.05, 0) is 49.6 Å². The van der Waals surface area contributed by atoms with Crippen LogP contribution < -0.4 is 5.32 Å². The molecule has 1 aromatic carbocycles. The quantitative estimate of drug-likeness (QED) is 0.690. The highest BCUT2D eigenvalue weighted by atomic mass is 32.2. The van der Waals surface area contributed by atoms with Crippen molar-refractivity contribution >= 4 is 34.7 Å². The first-order chi connectivity index (χ1) is 11.6. The molecule has 0 saturated heterocycles. The molecule has 3 aromatic rings. The normalized spacial score (nSPS) is 10.6. The van der Waals surface area contributed by atoms with Crippen LogP contribution in [0.1, 0.15) is 15.4 Å². The summed E-state index contributed by atoms with van der Waals surface area (Å²) in [5.41, 5.74) is 2.06. The number of nitrogens with one attached hydrogen (secondary N) is 1. The molecule has 2 heterocycles. The fourth-order valence-corrected chi connectivity index (χ4v) is 3.42. The molecule has 0 aliphatic heterocycles. The minimum Gasteiger partial charge on any atom is -0.320 e. The van der Waals surface area contributed by atoms with E-state index in [-0.39, 0.29) is 11.7 Å².